The number of rotatable bonds is 8. The van der Waals surface area contributed by atoms with Gasteiger partial charge in [-0.3, -0.25) is 19.7 Å². The number of nitro benzene ring substituents is 1. The molecule has 34 heavy (non-hydrogen) atoms. The predicted molar refractivity (Wildman–Crippen MR) is 124 cm³/mol. The van der Waals surface area contributed by atoms with Crippen LogP contribution in [0.2, 0.25) is 0 Å². The quantitative estimate of drug-likeness (QED) is 0.323. The number of nitrogens with zero attached hydrogens (tertiary/aromatic N) is 1. The number of para-hydroxylation sites is 2. The Labute approximate surface area is 194 Å². The Morgan fingerprint density at radius 2 is 1.62 bits per heavy atom. The van der Waals surface area contributed by atoms with Gasteiger partial charge >= 0.3 is 0 Å². The van der Waals surface area contributed by atoms with Crippen LogP contribution in [0.3, 0.4) is 0 Å². The minimum Gasteiger partial charge on any atom is -0.495 e. The average molecular weight is 484 g/mol. The minimum atomic E-state index is -4.33. The van der Waals surface area contributed by atoms with Gasteiger partial charge < -0.3 is 21.1 Å². The summed E-state index contributed by atoms with van der Waals surface area (Å²) in [5.74, 6) is -1.15. The summed E-state index contributed by atoms with van der Waals surface area (Å²) < 4.78 is 32.0. The van der Waals surface area contributed by atoms with E-state index in [1.165, 1.54) is 25.3 Å². The van der Waals surface area contributed by atoms with E-state index in [1.54, 1.807) is 24.3 Å². The fourth-order valence-corrected chi connectivity index (χ4v) is 4.58. The van der Waals surface area contributed by atoms with Crippen LogP contribution in [-0.4, -0.2) is 38.8 Å². The Bertz CT molecular complexity index is 1360. The van der Waals surface area contributed by atoms with E-state index in [9.17, 15) is 28.1 Å². The van der Waals surface area contributed by atoms with Crippen LogP contribution < -0.4 is 21.1 Å². The molecule has 0 saturated heterocycles. The third-order valence-corrected chi connectivity index (χ3v) is 6.53. The van der Waals surface area contributed by atoms with E-state index in [-0.39, 0.29) is 27.5 Å². The predicted octanol–water partition coefficient (Wildman–Crippen LogP) is 2.59. The molecule has 11 nitrogen and oxygen atoms in total. The van der Waals surface area contributed by atoms with Crippen molar-refractivity contribution in [3.05, 3.63) is 82.4 Å². The van der Waals surface area contributed by atoms with Gasteiger partial charge in [-0.05, 0) is 36.4 Å². The molecule has 4 N–H and O–H groups in total. The molecule has 0 aliphatic carbocycles. The lowest BCUT2D eigenvalue weighted by Crippen LogP contribution is -2.25. The number of ether oxygens (including phenoxy) is 1. The van der Waals surface area contributed by atoms with Gasteiger partial charge in [0.1, 0.15) is 5.75 Å². The van der Waals surface area contributed by atoms with Crippen molar-refractivity contribution in [1.29, 1.82) is 0 Å². The molecular formula is C22H20N4O7S. The molecule has 0 heterocycles. The Kier molecular flexibility index (Phi) is 7.24. The summed E-state index contributed by atoms with van der Waals surface area (Å²) in [6.07, 6.45) is 0. The molecule has 0 unspecified atom stereocenters. The fraction of sp³-hybridized carbons (Fsp3) is 0.0909. The molecule has 0 atom stereocenters. The third-order valence-electron chi connectivity index (χ3n) is 4.72. The van der Waals surface area contributed by atoms with Crippen molar-refractivity contribution in [2.45, 2.75) is 9.79 Å². The molecule has 0 spiro atoms. The number of sulfone groups is 1. The highest BCUT2D eigenvalue weighted by molar-refractivity contribution is 7.91. The molecular weight excluding hydrogens is 464 g/mol. The van der Waals surface area contributed by atoms with Crippen molar-refractivity contribution in [2.75, 3.05) is 24.3 Å². The van der Waals surface area contributed by atoms with Gasteiger partial charge in [-0.15, -0.1) is 0 Å². The number of carbonyl (C=O) groups excluding carboxylic acids is 2. The van der Waals surface area contributed by atoms with E-state index in [0.717, 1.165) is 24.3 Å². The summed E-state index contributed by atoms with van der Waals surface area (Å²) in [4.78, 5) is 34.8. The smallest absolute Gasteiger partial charge is 0.269 e. The zero-order valence-corrected chi connectivity index (χ0v) is 18.7. The maximum Gasteiger partial charge on any atom is 0.269 e. The van der Waals surface area contributed by atoms with Crippen LogP contribution in [0, 0.1) is 10.1 Å². The van der Waals surface area contributed by atoms with Crippen molar-refractivity contribution in [1.82, 2.24) is 0 Å². The molecule has 3 aromatic carbocycles. The molecule has 0 fully saturated rings. The highest BCUT2D eigenvalue weighted by Gasteiger charge is 2.28. The number of nitro groups is 1. The van der Waals surface area contributed by atoms with Crippen LogP contribution >= 0.6 is 0 Å². The lowest BCUT2D eigenvalue weighted by molar-refractivity contribution is -0.384. The minimum absolute atomic E-state index is 0.0779. The van der Waals surface area contributed by atoms with Gasteiger partial charge in [0.05, 0.1) is 45.3 Å². The van der Waals surface area contributed by atoms with Crippen molar-refractivity contribution in [3.63, 3.8) is 0 Å². The largest absolute Gasteiger partial charge is 0.495 e. The first kappa shape index (κ1) is 24.4. The van der Waals surface area contributed by atoms with Crippen LogP contribution in [-0.2, 0) is 14.6 Å². The summed E-state index contributed by atoms with van der Waals surface area (Å²) in [6.45, 7) is -0.396. The number of hydrogen-bond donors (Lipinski definition) is 3. The highest BCUT2D eigenvalue weighted by Crippen LogP contribution is 2.32. The van der Waals surface area contributed by atoms with E-state index >= 15 is 0 Å². The number of hydrogen-bond acceptors (Lipinski definition) is 8. The lowest BCUT2D eigenvalue weighted by Gasteiger charge is -2.17. The van der Waals surface area contributed by atoms with Crippen molar-refractivity contribution in [3.8, 4) is 5.75 Å². The number of carbonyl (C=O) groups is 2. The summed E-state index contributed by atoms with van der Waals surface area (Å²) >= 11 is 0. The van der Waals surface area contributed by atoms with E-state index in [1.807, 2.05) is 0 Å². The molecule has 3 rings (SSSR count). The zero-order valence-electron chi connectivity index (χ0n) is 17.8. The van der Waals surface area contributed by atoms with Crippen molar-refractivity contribution < 1.29 is 27.7 Å². The maximum absolute atomic E-state index is 13.4. The SMILES string of the molecule is COc1ccccc1NC(=O)c1c(NC(=O)CN)cccc1S(=O)(=O)c1ccc([N+](=O)[O-])cc1. The Balaban J connectivity index is 2.15. The first-order chi connectivity index (χ1) is 16.2. The normalized spacial score (nSPS) is 10.9. The molecule has 0 aromatic heterocycles. The highest BCUT2D eigenvalue weighted by atomic mass is 32.2. The van der Waals surface area contributed by atoms with Gasteiger partial charge in [0.25, 0.3) is 11.6 Å². The number of non-ortho nitro benzene ring substituents is 1. The first-order valence-corrected chi connectivity index (χ1v) is 11.2. The van der Waals surface area contributed by atoms with Crippen LogP contribution in [0.15, 0.2) is 76.5 Å². The molecule has 0 saturated carbocycles. The van der Waals surface area contributed by atoms with Gasteiger partial charge in [-0.25, -0.2) is 8.42 Å². The van der Waals surface area contributed by atoms with E-state index < -0.39 is 38.0 Å². The van der Waals surface area contributed by atoms with Crippen LogP contribution in [0.5, 0.6) is 5.75 Å². The monoisotopic (exact) mass is 484 g/mol. The third kappa shape index (κ3) is 5.03. The van der Waals surface area contributed by atoms with Gasteiger partial charge in [0.15, 0.2) is 0 Å². The maximum atomic E-state index is 13.4. The Morgan fingerprint density at radius 3 is 2.24 bits per heavy atom. The summed E-state index contributed by atoms with van der Waals surface area (Å²) in [6, 6.07) is 14.6. The molecule has 0 radical (unpaired) electrons. The molecule has 176 valence electrons. The van der Waals surface area contributed by atoms with E-state index in [4.69, 9.17) is 10.5 Å². The van der Waals surface area contributed by atoms with Gasteiger partial charge in [0.2, 0.25) is 15.7 Å². The fourth-order valence-electron chi connectivity index (χ4n) is 3.10. The molecule has 3 aromatic rings. The second-order valence-corrected chi connectivity index (χ2v) is 8.76. The average Bonchev–Trinajstić information content (AvgIpc) is 2.84. The lowest BCUT2D eigenvalue weighted by atomic mass is 10.1. The first-order valence-electron chi connectivity index (χ1n) is 9.76. The number of nitrogens with two attached hydrogens (primary N) is 1. The number of benzene rings is 3. The number of anilines is 2. The van der Waals surface area contributed by atoms with Gasteiger partial charge in [-0.2, -0.15) is 0 Å². The van der Waals surface area contributed by atoms with E-state index in [2.05, 4.69) is 10.6 Å². The second kappa shape index (κ2) is 10.1. The molecule has 0 bridgehead atoms. The molecule has 12 heteroatoms. The number of methoxy groups -OCH3 is 1. The molecule has 0 aliphatic rings. The summed E-state index contributed by atoms with van der Waals surface area (Å²) in [7, 11) is -2.92. The summed E-state index contributed by atoms with van der Waals surface area (Å²) in [5.41, 5.74) is 4.92. The van der Waals surface area contributed by atoms with Gasteiger partial charge in [-0.1, -0.05) is 18.2 Å². The van der Waals surface area contributed by atoms with Crippen LogP contribution in [0.25, 0.3) is 0 Å². The van der Waals surface area contributed by atoms with Crippen LogP contribution in [0.4, 0.5) is 17.1 Å². The zero-order chi connectivity index (χ0) is 24.9. The van der Waals surface area contributed by atoms with Crippen LogP contribution in [0.1, 0.15) is 10.4 Å². The Morgan fingerprint density at radius 1 is 0.971 bits per heavy atom. The van der Waals surface area contributed by atoms with Crippen molar-refractivity contribution in [2.24, 2.45) is 5.73 Å². The Hall–Kier alpha value is -4.29. The topological polar surface area (TPSA) is 171 Å². The second-order valence-electron chi connectivity index (χ2n) is 6.84. The molecule has 2 amide bonds. The molecule has 0 aliphatic heterocycles. The van der Waals surface area contributed by atoms with Crippen molar-refractivity contribution >= 4 is 38.7 Å². The standard InChI is InChI=1S/C22H20N4O7S/c1-33-18-7-3-2-5-16(18)25-22(28)21-17(24-20(27)13-23)6-4-8-19(21)34(31,32)15-11-9-14(10-12-15)26(29)30/h2-12H,13,23H2,1H3,(H,24,27)(H,25,28). The van der Waals surface area contributed by atoms with E-state index in [0.29, 0.717) is 5.75 Å². The summed E-state index contributed by atoms with van der Waals surface area (Å²) in [5, 5.41) is 16.0. The number of nitrogens with one attached hydrogen (secondary N) is 2. The van der Waals surface area contributed by atoms with Gasteiger partial charge in [0, 0.05) is 12.1 Å². The number of amides is 2.